The Morgan fingerprint density at radius 2 is 2.08 bits per heavy atom. The summed E-state index contributed by atoms with van der Waals surface area (Å²) in [5.74, 6) is -0.433. The molecule has 1 aromatic rings. The van der Waals surface area contributed by atoms with Crippen LogP contribution >= 0.6 is 0 Å². The van der Waals surface area contributed by atoms with Gasteiger partial charge in [0.1, 0.15) is 0 Å². The first-order chi connectivity index (χ1) is 12.6. The summed E-state index contributed by atoms with van der Waals surface area (Å²) in [6.07, 6.45) is 10.1. The van der Waals surface area contributed by atoms with E-state index in [-0.39, 0.29) is 24.0 Å². The zero-order valence-corrected chi connectivity index (χ0v) is 15.5. The van der Waals surface area contributed by atoms with Gasteiger partial charge in [-0.05, 0) is 45.6 Å². The second-order valence-corrected chi connectivity index (χ2v) is 6.94. The molecule has 2 atom stereocenters. The van der Waals surface area contributed by atoms with Crippen LogP contribution in [0, 0.1) is 0 Å². The van der Waals surface area contributed by atoms with Gasteiger partial charge in [-0.25, -0.2) is 9.78 Å². The lowest BCUT2D eigenvalue weighted by molar-refractivity contribution is 0.0493. The molecule has 2 saturated heterocycles. The van der Waals surface area contributed by atoms with Crippen LogP contribution in [0.3, 0.4) is 0 Å². The van der Waals surface area contributed by atoms with Crippen molar-refractivity contribution in [2.75, 3.05) is 6.61 Å². The predicted octanol–water partition coefficient (Wildman–Crippen LogP) is 1.03. The molecule has 2 bridgehead atoms. The van der Waals surface area contributed by atoms with Crippen molar-refractivity contribution >= 4 is 18.1 Å². The number of carbonyl (C=O) groups excluding carboxylic acids is 1. The molecule has 2 fully saturated rings. The van der Waals surface area contributed by atoms with Gasteiger partial charge in [0.05, 0.1) is 17.2 Å². The van der Waals surface area contributed by atoms with Gasteiger partial charge >= 0.3 is 5.97 Å². The van der Waals surface area contributed by atoms with Crippen molar-refractivity contribution in [1.82, 2.24) is 14.9 Å². The maximum absolute atomic E-state index is 13.3. The Morgan fingerprint density at radius 1 is 1.38 bits per heavy atom. The number of carbonyl (C=O) groups is 1. The predicted molar refractivity (Wildman–Crippen MR) is 101 cm³/mol. The number of ether oxygens (including phenoxy) is 1. The maximum Gasteiger partial charge on any atom is 0.374 e. The van der Waals surface area contributed by atoms with E-state index in [1.807, 2.05) is 0 Å². The number of esters is 1. The topological polar surface area (TPSA) is 73.2 Å². The highest BCUT2D eigenvalue weighted by atomic mass is 16.5. The quantitative estimate of drug-likeness (QED) is 0.815. The molecule has 0 amide bonds. The molecule has 2 unspecified atom stereocenters. The van der Waals surface area contributed by atoms with E-state index in [9.17, 15) is 9.59 Å². The van der Waals surface area contributed by atoms with Crippen LogP contribution in [0.2, 0.25) is 0 Å². The Morgan fingerprint density at radius 3 is 2.65 bits per heavy atom. The van der Waals surface area contributed by atoms with E-state index in [1.165, 1.54) is 6.42 Å². The molecule has 140 valence electrons. The minimum Gasteiger partial charge on any atom is -0.460 e. The fraction of sp³-hybridized carbons (Fsp3) is 0.550. The Hall–Kier alpha value is -2.21. The van der Waals surface area contributed by atoms with E-state index in [2.05, 4.69) is 16.9 Å². The molecule has 6 heteroatoms. The Kier molecular flexibility index (Phi) is 5.71. The first-order valence-corrected chi connectivity index (χ1v) is 9.43. The van der Waals surface area contributed by atoms with E-state index in [1.54, 1.807) is 36.6 Å². The van der Waals surface area contributed by atoms with Crippen molar-refractivity contribution in [2.45, 2.75) is 64.1 Å². The lowest BCUT2D eigenvalue weighted by atomic mass is 9.84. The van der Waals surface area contributed by atoms with E-state index >= 15 is 0 Å². The number of aromatic nitrogens is 2. The molecule has 0 aliphatic carbocycles. The van der Waals surface area contributed by atoms with Crippen molar-refractivity contribution in [3.05, 3.63) is 39.4 Å². The van der Waals surface area contributed by atoms with Gasteiger partial charge in [-0.1, -0.05) is 25.2 Å². The summed E-state index contributed by atoms with van der Waals surface area (Å²) in [5, 5.41) is 4.59. The Balaban J connectivity index is 2.19. The van der Waals surface area contributed by atoms with Crippen molar-refractivity contribution < 1.29 is 9.53 Å². The second-order valence-electron chi connectivity index (χ2n) is 6.94. The van der Waals surface area contributed by atoms with Crippen molar-refractivity contribution in [3.8, 4) is 0 Å². The van der Waals surface area contributed by atoms with Gasteiger partial charge in [-0.3, -0.25) is 9.36 Å². The molecule has 1 aromatic heterocycles. The van der Waals surface area contributed by atoms with E-state index < -0.39 is 5.97 Å². The lowest BCUT2D eigenvalue weighted by Crippen LogP contribution is -2.55. The number of nitrogens with zero attached hydrogens (tertiary/aromatic N) is 2. The highest BCUT2D eigenvalue weighted by molar-refractivity contribution is 5.85. The summed E-state index contributed by atoms with van der Waals surface area (Å²) in [6.45, 7) is 7.50. The van der Waals surface area contributed by atoms with Gasteiger partial charge in [0.15, 0.2) is 0 Å². The van der Waals surface area contributed by atoms with Gasteiger partial charge in [0.25, 0.3) is 5.56 Å². The van der Waals surface area contributed by atoms with E-state index in [0.717, 1.165) is 25.7 Å². The number of nitrogens with one attached hydrogen (secondary N) is 1. The zero-order chi connectivity index (χ0) is 18.7. The first-order valence-electron chi connectivity index (χ1n) is 9.43. The van der Waals surface area contributed by atoms with Crippen molar-refractivity contribution in [2.24, 2.45) is 0 Å². The van der Waals surface area contributed by atoms with Crippen LogP contribution in [0.25, 0.3) is 12.2 Å². The molecule has 2 aliphatic rings. The summed E-state index contributed by atoms with van der Waals surface area (Å²) in [7, 11) is 0. The van der Waals surface area contributed by atoms with Crippen LogP contribution in [0.5, 0.6) is 0 Å². The molecule has 0 radical (unpaired) electrons. The van der Waals surface area contributed by atoms with Crippen molar-refractivity contribution in [1.29, 1.82) is 0 Å². The minimum absolute atomic E-state index is 0.0474. The van der Waals surface area contributed by atoms with Crippen LogP contribution in [0.1, 0.15) is 62.6 Å². The number of piperidine rings is 2. The third kappa shape index (κ3) is 3.51. The van der Waals surface area contributed by atoms with Crippen LogP contribution in [-0.4, -0.2) is 34.2 Å². The Bertz CT molecular complexity index is 860. The fourth-order valence-electron chi connectivity index (χ4n) is 4.18. The average Bonchev–Trinajstić information content (AvgIpc) is 2.63. The summed E-state index contributed by atoms with van der Waals surface area (Å²) in [6, 6.07) is 0.728. The largest absolute Gasteiger partial charge is 0.460 e. The lowest BCUT2D eigenvalue weighted by Gasteiger charge is -2.41. The van der Waals surface area contributed by atoms with Crippen LogP contribution in [-0.2, 0) is 4.74 Å². The van der Waals surface area contributed by atoms with Crippen LogP contribution in [0.15, 0.2) is 17.4 Å². The number of hydrogen-bond donors (Lipinski definition) is 1. The molecule has 3 heterocycles. The van der Waals surface area contributed by atoms with Crippen LogP contribution in [0.4, 0.5) is 0 Å². The number of allylic oxidation sites excluding steroid dienone is 1. The molecular weight excluding hydrogens is 330 g/mol. The Labute approximate surface area is 153 Å². The summed E-state index contributed by atoms with van der Waals surface area (Å²) in [4.78, 5) is 30.3. The molecule has 26 heavy (non-hydrogen) atoms. The smallest absolute Gasteiger partial charge is 0.374 e. The summed E-state index contributed by atoms with van der Waals surface area (Å²) in [5.41, 5.74) is -0.193. The molecule has 6 nitrogen and oxygen atoms in total. The third-order valence-corrected chi connectivity index (χ3v) is 5.25. The monoisotopic (exact) mass is 357 g/mol. The average molecular weight is 357 g/mol. The fourth-order valence-corrected chi connectivity index (χ4v) is 4.18. The van der Waals surface area contributed by atoms with E-state index in [4.69, 9.17) is 4.74 Å². The van der Waals surface area contributed by atoms with Gasteiger partial charge in [-0.2, -0.15) is 0 Å². The third-order valence-electron chi connectivity index (χ3n) is 5.25. The maximum atomic E-state index is 13.3. The summed E-state index contributed by atoms with van der Waals surface area (Å²) < 4.78 is 6.76. The first kappa shape index (κ1) is 18.6. The number of hydrogen-bond acceptors (Lipinski definition) is 5. The van der Waals surface area contributed by atoms with Crippen LogP contribution < -0.4 is 21.4 Å². The summed E-state index contributed by atoms with van der Waals surface area (Å²) >= 11 is 0. The van der Waals surface area contributed by atoms with Gasteiger partial charge in [0, 0.05) is 18.1 Å². The molecular formula is C20H27N3O3. The van der Waals surface area contributed by atoms with Gasteiger partial charge in [-0.15, -0.1) is 0 Å². The van der Waals surface area contributed by atoms with Crippen molar-refractivity contribution in [3.63, 3.8) is 0 Å². The second kappa shape index (κ2) is 7.99. The standard InChI is InChI=1S/C20H27N3O3/c1-4-8-16-17(5-2)22-18(20(25)26-6-3)23(19(16)24)15-11-13-9-7-10-14(12-15)21-13/h4-5,8,13-15,21H,1,6-7,9-12H2,2-3H3/b16-8+,17-5+. The highest BCUT2D eigenvalue weighted by Gasteiger charge is 2.34. The minimum atomic E-state index is -0.540. The number of rotatable bonds is 4. The zero-order valence-electron chi connectivity index (χ0n) is 15.5. The molecule has 2 aliphatic heterocycles. The molecule has 0 saturated carbocycles. The normalized spacial score (nSPS) is 26.6. The highest BCUT2D eigenvalue weighted by Crippen LogP contribution is 2.32. The van der Waals surface area contributed by atoms with Gasteiger partial charge in [0.2, 0.25) is 5.82 Å². The molecule has 3 rings (SSSR count). The molecule has 0 spiro atoms. The SMILES string of the molecule is C=C/C=c1/c(=O)n(C2CC3CCCC(C2)N3)c(C(=O)OCC)n/c1=C/C. The number of fused-ring (bicyclic) bond motifs is 2. The molecule has 0 aromatic carbocycles. The van der Waals surface area contributed by atoms with Gasteiger partial charge < -0.3 is 10.1 Å². The molecule has 1 N–H and O–H groups in total. The van der Waals surface area contributed by atoms with E-state index in [0.29, 0.717) is 22.7 Å².